The van der Waals surface area contributed by atoms with E-state index in [1.54, 1.807) is 6.07 Å². The second-order valence-electron chi connectivity index (χ2n) is 2.00. The third kappa shape index (κ3) is 1.87. The summed E-state index contributed by atoms with van der Waals surface area (Å²) in [5.74, 6) is -0.0119. The maximum Gasteiger partial charge on any atom is 0.166 e. The fourth-order valence-electron chi connectivity index (χ4n) is 0.774. The van der Waals surface area contributed by atoms with Crippen molar-refractivity contribution in [2.24, 2.45) is 0 Å². The monoisotopic (exact) mass is 172 g/mol. The summed E-state index contributed by atoms with van der Waals surface area (Å²) in [7, 11) is 1.46. The molecule has 0 amide bonds. The molecule has 60 valence electrons. The summed E-state index contributed by atoms with van der Waals surface area (Å²) >= 11 is 1.51. The van der Waals surface area contributed by atoms with Crippen LogP contribution in [-0.2, 0) is 0 Å². The van der Waals surface area contributed by atoms with Gasteiger partial charge in [-0.2, -0.15) is 0 Å². The Morgan fingerprint density at radius 2 is 2.18 bits per heavy atom. The molecule has 0 spiro atoms. The molecule has 11 heavy (non-hydrogen) atoms. The van der Waals surface area contributed by atoms with Gasteiger partial charge in [0, 0.05) is 4.90 Å². The molecule has 0 N–H and O–H groups in total. The number of hydrogen-bond acceptors (Lipinski definition) is 2. The predicted octanol–water partition coefficient (Wildman–Crippen LogP) is 2.56. The van der Waals surface area contributed by atoms with Gasteiger partial charge in [-0.15, -0.1) is 11.8 Å². The summed E-state index contributed by atoms with van der Waals surface area (Å²) in [6, 6.07) is 4.91. The van der Waals surface area contributed by atoms with Crippen molar-refractivity contribution in [2.45, 2.75) is 4.90 Å². The Hall–Kier alpha value is -0.700. The SMILES string of the molecule is COc1ccc(SC)cc1F. The number of benzene rings is 1. The molecular weight excluding hydrogens is 163 g/mol. The average molecular weight is 172 g/mol. The van der Waals surface area contributed by atoms with E-state index in [4.69, 9.17) is 4.74 Å². The first-order valence-electron chi connectivity index (χ1n) is 3.15. The van der Waals surface area contributed by atoms with Gasteiger partial charge in [0.05, 0.1) is 7.11 Å². The lowest BCUT2D eigenvalue weighted by molar-refractivity contribution is 0.385. The van der Waals surface area contributed by atoms with E-state index in [1.165, 1.54) is 24.9 Å². The summed E-state index contributed by atoms with van der Waals surface area (Å²) in [5, 5.41) is 0. The van der Waals surface area contributed by atoms with E-state index in [-0.39, 0.29) is 5.82 Å². The highest BCUT2D eigenvalue weighted by Crippen LogP contribution is 2.22. The molecule has 0 bridgehead atoms. The first-order valence-corrected chi connectivity index (χ1v) is 4.38. The van der Waals surface area contributed by atoms with E-state index in [9.17, 15) is 4.39 Å². The van der Waals surface area contributed by atoms with E-state index in [1.807, 2.05) is 12.3 Å². The molecule has 0 aliphatic heterocycles. The number of ether oxygens (including phenoxy) is 1. The molecule has 0 saturated carbocycles. The van der Waals surface area contributed by atoms with Gasteiger partial charge in [0.25, 0.3) is 0 Å². The van der Waals surface area contributed by atoms with Crippen LogP contribution in [0.5, 0.6) is 5.75 Å². The normalized spacial score (nSPS) is 9.73. The molecule has 0 saturated heterocycles. The minimum atomic E-state index is -0.306. The van der Waals surface area contributed by atoms with Crippen molar-refractivity contribution >= 4 is 11.8 Å². The van der Waals surface area contributed by atoms with E-state index >= 15 is 0 Å². The lowest BCUT2D eigenvalue weighted by Crippen LogP contribution is -1.87. The molecule has 0 aliphatic carbocycles. The molecule has 0 aliphatic rings. The van der Waals surface area contributed by atoms with Crippen LogP contribution in [0, 0.1) is 5.82 Å². The van der Waals surface area contributed by atoms with Crippen LogP contribution in [0.25, 0.3) is 0 Å². The van der Waals surface area contributed by atoms with Crippen LogP contribution in [0.1, 0.15) is 0 Å². The van der Waals surface area contributed by atoms with Crippen molar-refractivity contribution in [1.82, 2.24) is 0 Å². The Morgan fingerprint density at radius 1 is 1.45 bits per heavy atom. The fourth-order valence-corrected chi connectivity index (χ4v) is 1.20. The maximum atomic E-state index is 12.9. The molecule has 0 fully saturated rings. The van der Waals surface area contributed by atoms with Crippen LogP contribution in [0.3, 0.4) is 0 Å². The molecule has 1 aromatic carbocycles. The second-order valence-corrected chi connectivity index (χ2v) is 2.88. The maximum absolute atomic E-state index is 12.9. The molecule has 1 rings (SSSR count). The topological polar surface area (TPSA) is 9.23 Å². The fraction of sp³-hybridized carbons (Fsp3) is 0.250. The van der Waals surface area contributed by atoms with E-state index in [0.29, 0.717) is 5.75 Å². The van der Waals surface area contributed by atoms with Crippen molar-refractivity contribution in [2.75, 3.05) is 13.4 Å². The molecule has 0 unspecified atom stereocenters. The van der Waals surface area contributed by atoms with Gasteiger partial charge in [-0.1, -0.05) is 0 Å². The molecule has 0 atom stereocenters. The van der Waals surface area contributed by atoms with Crippen LogP contribution in [0.15, 0.2) is 23.1 Å². The predicted molar refractivity (Wildman–Crippen MR) is 44.7 cm³/mol. The zero-order valence-corrected chi connectivity index (χ0v) is 7.24. The summed E-state index contributed by atoms with van der Waals surface area (Å²) in [5.41, 5.74) is 0. The van der Waals surface area contributed by atoms with Gasteiger partial charge in [-0.05, 0) is 24.5 Å². The summed E-state index contributed by atoms with van der Waals surface area (Å²) < 4.78 is 17.7. The molecule has 1 aromatic rings. The van der Waals surface area contributed by atoms with Crippen LogP contribution in [0.4, 0.5) is 4.39 Å². The first-order chi connectivity index (χ1) is 5.27. The largest absolute Gasteiger partial charge is 0.494 e. The highest BCUT2D eigenvalue weighted by Gasteiger charge is 2.01. The standard InChI is InChI=1S/C8H9FOS/c1-10-8-4-3-6(11-2)5-7(8)9/h3-5H,1-2H3. The Labute approximate surface area is 69.6 Å². The van der Waals surface area contributed by atoms with E-state index < -0.39 is 0 Å². The quantitative estimate of drug-likeness (QED) is 0.634. The Kier molecular flexibility index (Phi) is 2.76. The van der Waals surface area contributed by atoms with Crippen molar-refractivity contribution in [3.05, 3.63) is 24.0 Å². The van der Waals surface area contributed by atoms with Crippen molar-refractivity contribution < 1.29 is 9.13 Å². The molecule has 1 nitrogen and oxygen atoms in total. The van der Waals surface area contributed by atoms with Gasteiger partial charge in [0.1, 0.15) is 0 Å². The zero-order chi connectivity index (χ0) is 8.27. The molecular formula is C8H9FOS. The number of halogens is 1. The van der Waals surface area contributed by atoms with Crippen molar-refractivity contribution in [3.8, 4) is 5.75 Å². The molecule has 0 aromatic heterocycles. The molecule has 3 heteroatoms. The summed E-state index contributed by atoms with van der Waals surface area (Å²) in [6.07, 6.45) is 1.90. The van der Waals surface area contributed by atoms with Crippen molar-refractivity contribution in [3.63, 3.8) is 0 Å². The second kappa shape index (κ2) is 3.62. The van der Waals surface area contributed by atoms with Crippen LogP contribution < -0.4 is 4.74 Å². The van der Waals surface area contributed by atoms with Crippen molar-refractivity contribution in [1.29, 1.82) is 0 Å². The first kappa shape index (κ1) is 8.40. The van der Waals surface area contributed by atoms with Gasteiger partial charge in [-0.25, -0.2) is 4.39 Å². The van der Waals surface area contributed by atoms with Gasteiger partial charge in [0.2, 0.25) is 0 Å². The Bertz CT molecular complexity index is 250. The van der Waals surface area contributed by atoms with Gasteiger partial charge in [0.15, 0.2) is 11.6 Å². The molecule has 0 heterocycles. The lowest BCUT2D eigenvalue weighted by atomic mass is 10.3. The van der Waals surface area contributed by atoms with E-state index in [0.717, 1.165) is 4.90 Å². The summed E-state index contributed by atoms with van der Waals surface area (Å²) in [4.78, 5) is 0.906. The average Bonchev–Trinajstić information content (AvgIpc) is 2.04. The van der Waals surface area contributed by atoms with Crippen LogP contribution >= 0.6 is 11.8 Å². The Balaban J connectivity index is 2.99. The van der Waals surface area contributed by atoms with E-state index in [2.05, 4.69) is 0 Å². The number of rotatable bonds is 2. The highest BCUT2D eigenvalue weighted by atomic mass is 32.2. The van der Waals surface area contributed by atoms with Gasteiger partial charge < -0.3 is 4.74 Å². The zero-order valence-electron chi connectivity index (χ0n) is 6.43. The third-order valence-corrected chi connectivity index (χ3v) is 2.08. The smallest absolute Gasteiger partial charge is 0.166 e. The van der Waals surface area contributed by atoms with Gasteiger partial charge in [-0.3, -0.25) is 0 Å². The lowest BCUT2D eigenvalue weighted by Gasteiger charge is -2.01. The minimum absolute atomic E-state index is 0.294. The third-order valence-electron chi connectivity index (χ3n) is 1.36. The Morgan fingerprint density at radius 3 is 2.64 bits per heavy atom. The van der Waals surface area contributed by atoms with Gasteiger partial charge >= 0.3 is 0 Å². The van der Waals surface area contributed by atoms with Crippen LogP contribution in [0.2, 0.25) is 0 Å². The summed E-state index contributed by atoms with van der Waals surface area (Å²) in [6.45, 7) is 0. The van der Waals surface area contributed by atoms with Crippen LogP contribution in [-0.4, -0.2) is 13.4 Å². The number of methoxy groups -OCH3 is 1. The molecule has 0 radical (unpaired) electrons. The minimum Gasteiger partial charge on any atom is -0.494 e. The highest BCUT2D eigenvalue weighted by molar-refractivity contribution is 7.98. The number of thioether (sulfide) groups is 1. The number of hydrogen-bond donors (Lipinski definition) is 0.